The summed E-state index contributed by atoms with van der Waals surface area (Å²) < 4.78 is 1.72. The van der Waals surface area contributed by atoms with Gasteiger partial charge in [0.25, 0.3) is 11.8 Å². The molecule has 3 aromatic rings. The van der Waals surface area contributed by atoms with E-state index in [4.69, 9.17) is 0 Å². The fourth-order valence-corrected chi connectivity index (χ4v) is 5.52. The maximum Gasteiger partial charge on any atom is 0.259 e. The van der Waals surface area contributed by atoms with Crippen molar-refractivity contribution < 1.29 is 9.59 Å². The standard InChI is InChI=1S/C25H27N7O2S/c1-14-9-16(3)32(7-8-35-25-26-13-31(4)30-25)22-10-15(2)21(12-19(14)22)29-28-17-5-6-18-20(11-17)24(34)27-23(18)33/h5-6,10-14,16H,7-9H2,1-4H3,(H,27,33,34). The first-order valence-corrected chi connectivity index (χ1v) is 12.6. The molecule has 0 saturated carbocycles. The van der Waals surface area contributed by atoms with E-state index in [1.54, 1.807) is 41.0 Å². The van der Waals surface area contributed by atoms with Gasteiger partial charge >= 0.3 is 0 Å². The summed E-state index contributed by atoms with van der Waals surface area (Å²) in [6, 6.07) is 9.69. The molecule has 5 rings (SSSR count). The van der Waals surface area contributed by atoms with Crippen molar-refractivity contribution in [2.75, 3.05) is 17.2 Å². The van der Waals surface area contributed by atoms with Crippen molar-refractivity contribution in [3.63, 3.8) is 0 Å². The highest BCUT2D eigenvalue weighted by atomic mass is 32.2. The summed E-state index contributed by atoms with van der Waals surface area (Å²) in [5, 5.41) is 16.3. The molecule has 2 aliphatic rings. The molecule has 2 unspecified atom stereocenters. The van der Waals surface area contributed by atoms with Crippen LogP contribution in [-0.4, -0.2) is 44.9 Å². The van der Waals surface area contributed by atoms with Crippen LogP contribution in [0.15, 0.2) is 52.0 Å². The van der Waals surface area contributed by atoms with Crippen molar-refractivity contribution in [1.29, 1.82) is 0 Å². The molecule has 0 bridgehead atoms. The van der Waals surface area contributed by atoms with Gasteiger partial charge in [-0.3, -0.25) is 19.6 Å². The zero-order valence-corrected chi connectivity index (χ0v) is 21.0. The second-order valence-electron chi connectivity index (χ2n) is 9.14. The lowest BCUT2D eigenvalue weighted by atomic mass is 9.86. The number of nitrogens with one attached hydrogen (secondary N) is 1. The van der Waals surface area contributed by atoms with Gasteiger partial charge in [0, 0.05) is 31.1 Å². The number of amides is 2. The fourth-order valence-electron chi connectivity index (χ4n) is 4.74. The molecular formula is C25H27N7O2S. The highest BCUT2D eigenvalue weighted by Crippen LogP contribution is 2.42. The minimum Gasteiger partial charge on any atom is -0.368 e. The molecule has 2 atom stereocenters. The van der Waals surface area contributed by atoms with Crippen LogP contribution in [0.25, 0.3) is 0 Å². The predicted molar refractivity (Wildman–Crippen MR) is 135 cm³/mol. The molecule has 0 radical (unpaired) electrons. The number of anilines is 1. The average Bonchev–Trinajstić information content (AvgIpc) is 3.36. The van der Waals surface area contributed by atoms with Crippen LogP contribution in [0.4, 0.5) is 17.1 Å². The Morgan fingerprint density at radius 1 is 1.11 bits per heavy atom. The molecule has 3 heterocycles. The number of aryl methyl sites for hydroxylation is 2. The number of hydrogen-bond donors (Lipinski definition) is 1. The van der Waals surface area contributed by atoms with E-state index in [1.807, 2.05) is 14.0 Å². The van der Waals surface area contributed by atoms with Crippen molar-refractivity contribution in [2.45, 2.75) is 44.3 Å². The van der Waals surface area contributed by atoms with Crippen molar-refractivity contribution in [1.82, 2.24) is 20.1 Å². The lowest BCUT2D eigenvalue weighted by Gasteiger charge is -2.40. The minimum atomic E-state index is -0.396. The number of aromatic nitrogens is 3. The second-order valence-corrected chi connectivity index (χ2v) is 10.2. The Labute approximate surface area is 208 Å². The van der Waals surface area contributed by atoms with Crippen LogP contribution >= 0.6 is 11.8 Å². The number of benzene rings is 2. The third kappa shape index (κ3) is 4.58. The highest BCUT2D eigenvalue weighted by Gasteiger charge is 2.29. The number of fused-ring (bicyclic) bond motifs is 2. The number of carbonyl (C=O) groups is 2. The number of thioether (sulfide) groups is 1. The first-order chi connectivity index (χ1) is 16.8. The van der Waals surface area contributed by atoms with Crippen LogP contribution < -0.4 is 10.2 Å². The molecule has 10 heteroatoms. The average molecular weight is 490 g/mol. The van der Waals surface area contributed by atoms with E-state index in [2.05, 4.69) is 56.5 Å². The number of imide groups is 1. The summed E-state index contributed by atoms with van der Waals surface area (Å²) >= 11 is 1.67. The maximum absolute atomic E-state index is 11.9. The minimum absolute atomic E-state index is 0.339. The van der Waals surface area contributed by atoms with E-state index >= 15 is 0 Å². The Morgan fingerprint density at radius 3 is 2.69 bits per heavy atom. The molecule has 1 N–H and O–H groups in total. The molecule has 0 spiro atoms. The molecule has 0 aliphatic carbocycles. The van der Waals surface area contributed by atoms with Crippen molar-refractivity contribution in [3.05, 3.63) is 58.9 Å². The van der Waals surface area contributed by atoms with Crippen LogP contribution in [0.2, 0.25) is 0 Å². The Kier molecular flexibility index (Phi) is 6.14. The summed E-state index contributed by atoms with van der Waals surface area (Å²) in [7, 11) is 1.88. The summed E-state index contributed by atoms with van der Waals surface area (Å²) in [6.45, 7) is 7.48. The Morgan fingerprint density at radius 2 is 1.91 bits per heavy atom. The van der Waals surface area contributed by atoms with Gasteiger partial charge in [0.2, 0.25) is 5.16 Å². The third-order valence-corrected chi connectivity index (χ3v) is 7.38. The van der Waals surface area contributed by atoms with Gasteiger partial charge in [-0.2, -0.15) is 10.2 Å². The normalized spacial score (nSPS) is 19.3. The van der Waals surface area contributed by atoms with Crippen molar-refractivity contribution >= 4 is 40.6 Å². The summed E-state index contributed by atoms with van der Waals surface area (Å²) in [5.41, 5.74) is 5.60. The van der Waals surface area contributed by atoms with E-state index in [-0.39, 0.29) is 5.91 Å². The molecule has 35 heavy (non-hydrogen) atoms. The zero-order chi connectivity index (χ0) is 24.7. The van der Waals surface area contributed by atoms with Gasteiger partial charge in [0.15, 0.2) is 0 Å². The topological polar surface area (TPSA) is 105 Å². The van der Waals surface area contributed by atoms with E-state index in [0.717, 1.165) is 35.1 Å². The summed E-state index contributed by atoms with van der Waals surface area (Å²) in [4.78, 5) is 30.5. The molecule has 0 saturated heterocycles. The number of azo groups is 1. The summed E-state index contributed by atoms with van der Waals surface area (Å²) in [6.07, 6.45) is 2.78. The smallest absolute Gasteiger partial charge is 0.259 e. The van der Waals surface area contributed by atoms with Crippen LogP contribution in [0.5, 0.6) is 0 Å². The Bertz CT molecular complexity index is 1350. The largest absolute Gasteiger partial charge is 0.368 e. The Hall–Kier alpha value is -3.53. The third-order valence-electron chi connectivity index (χ3n) is 6.55. The van der Waals surface area contributed by atoms with E-state index in [1.165, 1.54) is 11.3 Å². The van der Waals surface area contributed by atoms with Gasteiger partial charge in [0.05, 0.1) is 22.5 Å². The second kappa shape index (κ2) is 9.26. The van der Waals surface area contributed by atoms with E-state index < -0.39 is 5.91 Å². The van der Waals surface area contributed by atoms with E-state index in [0.29, 0.717) is 28.8 Å². The first kappa shape index (κ1) is 23.2. The SMILES string of the molecule is Cc1cc2c(cc1N=Nc1ccc3c(c1)C(=O)NC3=O)C(C)CC(C)N2CCSc1ncn(C)n1. The monoisotopic (exact) mass is 489 g/mol. The molecule has 1 aromatic heterocycles. The van der Waals surface area contributed by atoms with Crippen LogP contribution in [-0.2, 0) is 7.05 Å². The molecule has 2 amide bonds. The van der Waals surface area contributed by atoms with Crippen LogP contribution in [0, 0.1) is 6.92 Å². The number of hydrogen-bond acceptors (Lipinski definition) is 8. The molecule has 9 nitrogen and oxygen atoms in total. The fraction of sp³-hybridized carbons (Fsp3) is 0.360. The van der Waals surface area contributed by atoms with Gasteiger partial charge in [-0.25, -0.2) is 4.98 Å². The lowest BCUT2D eigenvalue weighted by molar-refractivity contribution is 0.0879. The number of rotatable bonds is 6. The molecule has 2 aromatic carbocycles. The molecule has 180 valence electrons. The van der Waals surface area contributed by atoms with Crippen LogP contribution in [0.3, 0.4) is 0 Å². The van der Waals surface area contributed by atoms with Crippen molar-refractivity contribution in [2.24, 2.45) is 17.3 Å². The lowest BCUT2D eigenvalue weighted by Crippen LogP contribution is -2.39. The number of nitrogens with zero attached hydrogens (tertiary/aromatic N) is 6. The van der Waals surface area contributed by atoms with Gasteiger partial charge in [-0.05, 0) is 67.6 Å². The van der Waals surface area contributed by atoms with Gasteiger partial charge in [-0.15, -0.1) is 5.10 Å². The van der Waals surface area contributed by atoms with Crippen molar-refractivity contribution in [3.8, 4) is 0 Å². The maximum atomic E-state index is 11.9. The quantitative estimate of drug-likeness (QED) is 0.299. The zero-order valence-electron chi connectivity index (χ0n) is 20.1. The number of carbonyl (C=O) groups excluding carboxylic acids is 2. The first-order valence-electron chi connectivity index (χ1n) is 11.6. The van der Waals surface area contributed by atoms with Crippen LogP contribution in [0.1, 0.15) is 58.0 Å². The Balaban J connectivity index is 1.37. The molecule has 0 fully saturated rings. The molecule has 2 aliphatic heterocycles. The molecular weight excluding hydrogens is 462 g/mol. The highest BCUT2D eigenvalue weighted by molar-refractivity contribution is 7.99. The summed E-state index contributed by atoms with van der Waals surface area (Å²) in [5.74, 6) is 0.538. The van der Waals surface area contributed by atoms with Gasteiger partial charge in [-0.1, -0.05) is 18.7 Å². The van der Waals surface area contributed by atoms with E-state index in [9.17, 15) is 9.59 Å². The predicted octanol–water partition coefficient (Wildman–Crippen LogP) is 4.92. The van der Waals surface area contributed by atoms with Gasteiger partial charge in [0.1, 0.15) is 6.33 Å². The van der Waals surface area contributed by atoms with Gasteiger partial charge < -0.3 is 4.90 Å².